The fourth-order valence-electron chi connectivity index (χ4n) is 1.53. The second-order valence-electron chi connectivity index (χ2n) is 4.04. The highest BCUT2D eigenvalue weighted by atomic mass is 16.5. The maximum Gasteiger partial charge on any atom is 0.293 e. The average Bonchev–Trinajstić information content (AvgIpc) is 2.23. The largest absolute Gasteiger partial charge is 0.467 e. The number of unbranched alkanes of at least 4 members (excludes halogenated alkanes) is 5. The molecule has 0 atom stereocenters. The van der Waals surface area contributed by atoms with E-state index in [2.05, 4.69) is 23.6 Å². The quantitative estimate of drug-likeness (QED) is 0.391. The van der Waals surface area contributed by atoms with Crippen molar-refractivity contribution >= 4 is 6.47 Å². The van der Waals surface area contributed by atoms with E-state index in [1.54, 1.807) is 0 Å². The van der Waals surface area contributed by atoms with Gasteiger partial charge < -0.3 is 9.64 Å². The fraction of sp³-hybridized carbons (Fsp3) is 0.917. The van der Waals surface area contributed by atoms with Crippen LogP contribution in [0.1, 0.15) is 45.4 Å². The number of carbonyl (C=O) groups is 1. The molecule has 0 heterocycles. The molecule has 0 aliphatic heterocycles. The van der Waals surface area contributed by atoms with Gasteiger partial charge in [0, 0.05) is 6.54 Å². The van der Waals surface area contributed by atoms with E-state index in [0.717, 1.165) is 13.1 Å². The molecule has 0 aromatic carbocycles. The highest BCUT2D eigenvalue weighted by Gasteiger charge is 1.97. The van der Waals surface area contributed by atoms with Crippen LogP contribution in [0.15, 0.2) is 0 Å². The van der Waals surface area contributed by atoms with Crippen LogP contribution < -0.4 is 0 Å². The lowest BCUT2D eigenvalue weighted by atomic mass is 10.1. The van der Waals surface area contributed by atoms with Crippen molar-refractivity contribution in [2.24, 2.45) is 0 Å². The third-order valence-corrected chi connectivity index (χ3v) is 2.55. The summed E-state index contributed by atoms with van der Waals surface area (Å²) in [4.78, 5) is 12.1. The molecule has 0 spiro atoms. The third-order valence-electron chi connectivity index (χ3n) is 2.55. The van der Waals surface area contributed by atoms with Gasteiger partial charge in [0.25, 0.3) is 6.47 Å². The van der Waals surface area contributed by atoms with E-state index < -0.39 is 0 Å². The molecule has 0 aromatic heterocycles. The molecule has 0 bridgehead atoms. The number of nitrogens with zero attached hydrogens (tertiary/aromatic N) is 1. The molecular weight excluding hydrogens is 190 g/mol. The first-order valence-corrected chi connectivity index (χ1v) is 6.05. The molecule has 0 fully saturated rings. The zero-order valence-electron chi connectivity index (χ0n) is 10.2. The smallest absolute Gasteiger partial charge is 0.293 e. The van der Waals surface area contributed by atoms with Crippen molar-refractivity contribution in [1.82, 2.24) is 4.90 Å². The van der Waals surface area contributed by atoms with E-state index in [1.807, 2.05) is 0 Å². The summed E-state index contributed by atoms with van der Waals surface area (Å²) in [6, 6.07) is 0. The lowest BCUT2D eigenvalue weighted by molar-refractivity contribution is -0.129. The first-order chi connectivity index (χ1) is 7.31. The van der Waals surface area contributed by atoms with E-state index >= 15 is 0 Å². The minimum Gasteiger partial charge on any atom is -0.467 e. The van der Waals surface area contributed by atoms with Gasteiger partial charge in [0.05, 0.1) is 0 Å². The van der Waals surface area contributed by atoms with Gasteiger partial charge in [-0.05, 0) is 20.0 Å². The van der Waals surface area contributed by atoms with Crippen molar-refractivity contribution in [2.45, 2.75) is 45.4 Å². The molecule has 0 aliphatic rings. The van der Waals surface area contributed by atoms with Crippen LogP contribution in [0.2, 0.25) is 0 Å². The van der Waals surface area contributed by atoms with Gasteiger partial charge in [0.2, 0.25) is 0 Å². The summed E-state index contributed by atoms with van der Waals surface area (Å²) >= 11 is 0. The number of rotatable bonds is 11. The number of hydrogen-bond acceptors (Lipinski definition) is 3. The van der Waals surface area contributed by atoms with Gasteiger partial charge in [-0.1, -0.05) is 39.0 Å². The van der Waals surface area contributed by atoms with Gasteiger partial charge in [0.1, 0.15) is 6.61 Å². The molecule has 0 aliphatic carbocycles. The molecule has 0 radical (unpaired) electrons. The molecule has 0 saturated carbocycles. The molecule has 0 saturated heterocycles. The maximum atomic E-state index is 9.91. The maximum absolute atomic E-state index is 9.91. The Labute approximate surface area is 93.8 Å². The minimum absolute atomic E-state index is 0.510. The summed E-state index contributed by atoms with van der Waals surface area (Å²) in [5.74, 6) is 0. The van der Waals surface area contributed by atoms with Crippen molar-refractivity contribution in [2.75, 3.05) is 26.7 Å². The van der Waals surface area contributed by atoms with E-state index in [-0.39, 0.29) is 0 Å². The average molecular weight is 215 g/mol. The highest BCUT2D eigenvalue weighted by molar-refractivity contribution is 5.36. The van der Waals surface area contributed by atoms with Crippen LogP contribution in [-0.2, 0) is 9.53 Å². The Bertz CT molecular complexity index is 140. The van der Waals surface area contributed by atoms with Crippen molar-refractivity contribution in [3.63, 3.8) is 0 Å². The first-order valence-electron chi connectivity index (χ1n) is 6.05. The highest BCUT2D eigenvalue weighted by Crippen LogP contribution is 2.05. The standard InChI is InChI=1S/C12H25NO2/c1-3-4-5-6-7-8-9-13(2)10-11-15-12-14/h12H,3-11H2,1-2H3. The lowest BCUT2D eigenvalue weighted by Crippen LogP contribution is -2.24. The Hall–Kier alpha value is -0.570. The molecule has 0 rings (SSSR count). The van der Waals surface area contributed by atoms with Gasteiger partial charge >= 0.3 is 0 Å². The van der Waals surface area contributed by atoms with Gasteiger partial charge in [-0.2, -0.15) is 0 Å². The number of likely N-dealkylation sites (N-methyl/N-ethyl adjacent to an activating group) is 1. The second-order valence-corrected chi connectivity index (χ2v) is 4.04. The molecule has 0 aromatic rings. The van der Waals surface area contributed by atoms with Crippen molar-refractivity contribution in [3.05, 3.63) is 0 Å². The molecule has 3 heteroatoms. The lowest BCUT2D eigenvalue weighted by Gasteiger charge is -2.15. The van der Waals surface area contributed by atoms with Crippen LogP contribution in [0, 0.1) is 0 Å². The summed E-state index contributed by atoms with van der Waals surface area (Å²) < 4.78 is 4.64. The zero-order chi connectivity index (χ0) is 11.4. The van der Waals surface area contributed by atoms with Crippen molar-refractivity contribution < 1.29 is 9.53 Å². The predicted octanol–water partition coefficient (Wildman–Crippen LogP) is 2.45. The number of hydrogen-bond donors (Lipinski definition) is 0. The molecule has 3 nitrogen and oxygen atoms in total. The van der Waals surface area contributed by atoms with Crippen LogP contribution in [0.4, 0.5) is 0 Å². The SMILES string of the molecule is CCCCCCCCN(C)CCOC=O. The van der Waals surface area contributed by atoms with Crippen LogP contribution >= 0.6 is 0 Å². The Morgan fingerprint density at radius 1 is 1.07 bits per heavy atom. The van der Waals surface area contributed by atoms with Crippen LogP contribution in [0.3, 0.4) is 0 Å². The van der Waals surface area contributed by atoms with E-state index in [1.165, 1.54) is 38.5 Å². The second kappa shape index (κ2) is 11.5. The van der Waals surface area contributed by atoms with Gasteiger partial charge in [-0.3, -0.25) is 4.79 Å². The first kappa shape index (κ1) is 14.4. The van der Waals surface area contributed by atoms with Crippen molar-refractivity contribution in [3.8, 4) is 0 Å². The molecular formula is C12H25NO2. The summed E-state index contributed by atoms with van der Waals surface area (Å²) in [7, 11) is 2.07. The van der Waals surface area contributed by atoms with Gasteiger partial charge in [0.15, 0.2) is 0 Å². The van der Waals surface area contributed by atoms with E-state index in [9.17, 15) is 4.79 Å². The Balaban J connectivity index is 3.09. The summed E-state index contributed by atoms with van der Waals surface area (Å²) in [5, 5.41) is 0. The van der Waals surface area contributed by atoms with Crippen LogP contribution in [-0.4, -0.2) is 38.1 Å². The zero-order valence-corrected chi connectivity index (χ0v) is 10.2. The topological polar surface area (TPSA) is 29.5 Å². The summed E-state index contributed by atoms with van der Waals surface area (Å²) in [6.45, 7) is 5.21. The van der Waals surface area contributed by atoms with Crippen LogP contribution in [0.25, 0.3) is 0 Å². The molecule has 0 amide bonds. The molecule has 15 heavy (non-hydrogen) atoms. The fourth-order valence-corrected chi connectivity index (χ4v) is 1.53. The monoisotopic (exact) mass is 215 g/mol. The minimum atomic E-state index is 0.510. The Kier molecular flexibility index (Phi) is 11.1. The van der Waals surface area contributed by atoms with Crippen molar-refractivity contribution in [1.29, 1.82) is 0 Å². The number of ether oxygens (including phenoxy) is 1. The summed E-state index contributed by atoms with van der Waals surface area (Å²) in [6.07, 6.45) is 7.97. The van der Waals surface area contributed by atoms with E-state index in [4.69, 9.17) is 0 Å². The Morgan fingerprint density at radius 2 is 1.73 bits per heavy atom. The molecule has 0 N–H and O–H groups in total. The third kappa shape index (κ3) is 11.4. The van der Waals surface area contributed by atoms with E-state index in [0.29, 0.717) is 13.1 Å². The normalized spacial score (nSPS) is 10.6. The van der Waals surface area contributed by atoms with Crippen LogP contribution in [0.5, 0.6) is 0 Å². The molecule has 0 unspecified atom stereocenters. The van der Waals surface area contributed by atoms with Gasteiger partial charge in [-0.25, -0.2) is 0 Å². The Morgan fingerprint density at radius 3 is 2.40 bits per heavy atom. The molecule has 90 valence electrons. The van der Waals surface area contributed by atoms with Gasteiger partial charge in [-0.15, -0.1) is 0 Å². The number of carbonyl (C=O) groups excluding carboxylic acids is 1. The predicted molar refractivity (Wildman–Crippen MR) is 62.9 cm³/mol. The summed E-state index contributed by atoms with van der Waals surface area (Å²) in [5.41, 5.74) is 0.